The third-order valence-corrected chi connectivity index (χ3v) is 9.98. The number of hydrogen-bond acceptors (Lipinski definition) is 8. The fourth-order valence-electron chi connectivity index (χ4n) is 5.80. The van der Waals surface area contributed by atoms with Crippen LogP contribution in [-0.2, 0) is 14.9 Å². The summed E-state index contributed by atoms with van der Waals surface area (Å²) in [4.78, 5) is 32.3. The van der Waals surface area contributed by atoms with Gasteiger partial charge in [0.25, 0.3) is 5.56 Å². The molecule has 0 unspecified atom stereocenters. The summed E-state index contributed by atoms with van der Waals surface area (Å²) in [7, 11) is -2.42. The Labute approximate surface area is 257 Å². The second-order valence-corrected chi connectivity index (χ2v) is 14.4. The van der Waals surface area contributed by atoms with Crippen LogP contribution in [0.5, 0.6) is 11.5 Å². The Morgan fingerprint density at radius 3 is 2.55 bits per heavy atom. The maximum atomic E-state index is 13.6. The van der Waals surface area contributed by atoms with Crippen LogP contribution < -0.4 is 15.0 Å². The SMILES string of the molecule is CCN(C)S(=O)(=O)Nc1cccc(Oc2ccc3ncn(C4CC5(CCN(C(=O)OC(C)(C)C)CC5)C4)c(=O)c3c2)c1C#N. The van der Waals surface area contributed by atoms with Gasteiger partial charge in [-0.15, -0.1) is 0 Å². The van der Waals surface area contributed by atoms with Crippen LogP contribution in [0.3, 0.4) is 0 Å². The van der Waals surface area contributed by atoms with Crippen molar-refractivity contribution < 1.29 is 22.7 Å². The molecule has 12 nitrogen and oxygen atoms in total. The van der Waals surface area contributed by atoms with Crippen LogP contribution in [0.4, 0.5) is 10.5 Å². The summed E-state index contributed by atoms with van der Waals surface area (Å²) in [6, 6.07) is 11.6. The van der Waals surface area contributed by atoms with E-state index in [0.717, 1.165) is 30.0 Å². The maximum Gasteiger partial charge on any atom is 0.410 e. The van der Waals surface area contributed by atoms with Crippen LogP contribution in [-0.4, -0.2) is 65.6 Å². The van der Waals surface area contributed by atoms with Crippen LogP contribution in [0.2, 0.25) is 0 Å². The summed E-state index contributed by atoms with van der Waals surface area (Å²) >= 11 is 0. The second-order valence-electron chi connectivity index (χ2n) is 12.6. The average Bonchev–Trinajstić information content (AvgIpc) is 2.95. The molecule has 0 atom stereocenters. The molecule has 0 radical (unpaired) electrons. The minimum atomic E-state index is -3.85. The van der Waals surface area contributed by atoms with E-state index in [9.17, 15) is 23.3 Å². The number of carbonyl (C=O) groups excluding carboxylic acids is 1. The number of anilines is 1. The molecular formula is C31H38N6O6S. The number of fused-ring (bicyclic) bond motifs is 1. The molecule has 3 aromatic rings. The first kappa shape index (κ1) is 31.3. The molecule has 44 heavy (non-hydrogen) atoms. The summed E-state index contributed by atoms with van der Waals surface area (Å²) in [5.41, 5.74) is -0.00207. The van der Waals surface area contributed by atoms with Gasteiger partial charge in [0.15, 0.2) is 0 Å². The normalized spacial score (nSPS) is 16.9. The van der Waals surface area contributed by atoms with Crippen molar-refractivity contribution in [2.45, 2.75) is 65.0 Å². The zero-order valence-corrected chi connectivity index (χ0v) is 26.5. The highest BCUT2D eigenvalue weighted by Crippen LogP contribution is 2.54. The van der Waals surface area contributed by atoms with Gasteiger partial charge in [-0.3, -0.25) is 14.1 Å². The van der Waals surface area contributed by atoms with Crippen molar-refractivity contribution in [3.05, 3.63) is 58.6 Å². The molecule has 2 aliphatic rings. The molecule has 0 bridgehead atoms. The first-order valence-electron chi connectivity index (χ1n) is 14.7. The maximum absolute atomic E-state index is 13.6. The number of nitrogens with zero attached hydrogens (tertiary/aromatic N) is 5. The van der Waals surface area contributed by atoms with Gasteiger partial charge in [0.1, 0.15) is 28.7 Å². The number of hydrogen-bond donors (Lipinski definition) is 1. The standard InChI is InChI=1S/C31H38N6O6S/c1-6-35(5)44(40,41)34-26-8-7-9-27(24(26)19-32)42-22-10-11-25-23(16-22)28(38)37(20-33-25)21-17-31(18-21)12-14-36(15-13-31)29(39)43-30(2,3)4/h7-11,16,20-21,34H,6,12-15,17-18H2,1-5H3. The fourth-order valence-corrected chi connectivity index (χ4v) is 6.75. The van der Waals surface area contributed by atoms with Gasteiger partial charge in [0, 0.05) is 32.7 Å². The summed E-state index contributed by atoms with van der Waals surface area (Å²) in [6.45, 7) is 8.81. The van der Waals surface area contributed by atoms with E-state index in [4.69, 9.17) is 9.47 Å². The van der Waals surface area contributed by atoms with E-state index in [2.05, 4.69) is 9.71 Å². The zero-order chi connectivity index (χ0) is 31.9. The zero-order valence-electron chi connectivity index (χ0n) is 25.7. The molecule has 2 fully saturated rings. The van der Waals surface area contributed by atoms with Crippen molar-refractivity contribution in [1.82, 2.24) is 18.8 Å². The number of nitriles is 1. The van der Waals surface area contributed by atoms with Crippen molar-refractivity contribution in [2.24, 2.45) is 5.41 Å². The Kier molecular flexibility index (Phi) is 8.35. The van der Waals surface area contributed by atoms with Crippen LogP contribution in [0, 0.1) is 16.7 Å². The monoisotopic (exact) mass is 622 g/mol. The van der Waals surface area contributed by atoms with Crippen LogP contribution >= 0.6 is 0 Å². The van der Waals surface area contributed by atoms with Crippen LogP contribution in [0.15, 0.2) is 47.5 Å². The third-order valence-electron chi connectivity index (χ3n) is 8.42. The Bertz CT molecular complexity index is 1780. The lowest BCUT2D eigenvalue weighted by Gasteiger charge is -2.52. The van der Waals surface area contributed by atoms with Crippen molar-refractivity contribution in [1.29, 1.82) is 5.26 Å². The molecule has 1 saturated carbocycles. The summed E-state index contributed by atoms with van der Waals surface area (Å²) in [6.07, 6.45) is 4.70. The molecule has 1 amide bonds. The van der Waals surface area contributed by atoms with Gasteiger partial charge < -0.3 is 14.4 Å². The number of benzene rings is 2. The average molecular weight is 623 g/mol. The summed E-state index contributed by atoms with van der Waals surface area (Å²) in [5.74, 6) is 0.463. The second kappa shape index (κ2) is 11.7. The molecule has 2 aromatic carbocycles. The highest BCUT2D eigenvalue weighted by Gasteiger charge is 2.47. The van der Waals surface area contributed by atoms with E-state index in [1.54, 1.807) is 53.0 Å². The first-order valence-corrected chi connectivity index (χ1v) is 16.1. The molecule has 1 spiro atoms. The van der Waals surface area contributed by atoms with Crippen LogP contribution in [0.1, 0.15) is 65.0 Å². The lowest BCUT2D eigenvalue weighted by Crippen LogP contribution is -2.51. The molecule has 5 rings (SSSR count). The van der Waals surface area contributed by atoms with Gasteiger partial charge in [0.2, 0.25) is 0 Å². The van der Waals surface area contributed by atoms with E-state index >= 15 is 0 Å². The number of rotatable bonds is 7. The molecule has 234 valence electrons. The van der Waals surface area contributed by atoms with E-state index in [-0.39, 0.29) is 46.7 Å². The van der Waals surface area contributed by atoms with Gasteiger partial charge in [0.05, 0.1) is 22.9 Å². The van der Waals surface area contributed by atoms with Gasteiger partial charge in [-0.2, -0.15) is 18.0 Å². The molecular weight excluding hydrogens is 584 g/mol. The lowest BCUT2D eigenvalue weighted by atomic mass is 9.60. The minimum absolute atomic E-state index is 0.00759. The Morgan fingerprint density at radius 2 is 1.91 bits per heavy atom. The highest BCUT2D eigenvalue weighted by atomic mass is 32.2. The third kappa shape index (κ3) is 6.37. The number of carbonyl (C=O) groups is 1. The van der Waals surface area contributed by atoms with Crippen molar-refractivity contribution in [2.75, 3.05) is 31.4 Å². The van der Waals surface area contributed by atoms with Gasteiger partial charge >= 0.3 is 16.3 Å². The molecule has 13 heteroatoms. The summed E-state index contributed by atoms with van der Waals surface area (Å²) in [5, 5.41) is 10.2. The number of amides is 1. The number of nitrogens with one attached hydrogen (secondary N) is 1. The highest BCUT2D eigenvalue weighted by molar-refractivity contribution is 7.90. The summed E-state index contributed by atoms with van der Waals surface area (Å²) < 4.78 is 41.9. The molecule has 1 aliphatic carbocycles. The number of aromatic nitrogens is 2. The van der Waals surface area contributed by atoms with Crippen LogP contribution in [0.25, 0.3) is 10.9 Å². The molecule has 1 saturated heterocycles. The van der Waals surface area contributed by atoms with E-state index in [0.29, 0.717) is 29.7 Å². The van der Waals surface area contributed by atoms with Gasteiger partial charge in [-0.25, -0.2) is 9.78 Å². The Morgan fingerprint density at radius 1 is 1.20 bits per heavy atom. The largest absolute Gasteiger partial charge is 0.456 e. The first-order chi connectivity index (χ1) is 20.7. The topological polar surface area (TPSA) is 147 Å². The lowest BCUT2D eigenvalue weighted by molar-refractivity contribution is -0.0241. The molecule has 1 N–H and O–H groups in total. The Hall–Kier alpha value is -4.15. The Balaban J connectivity index is 1.31. The van der Waals surface area contributed by atoms with Gasteiger partial charge in [-0.1, -0.05) is 13.0 Å². The molecule has 1 aromatic heterocycles. The predicted molar refractivity (Wildman–Crippen MR) is 166 cm³/mol. The fraction of sp³-hybridized carbons (Fsp3) is 0.484. The van der Waals surface area contributed by atoms with E-state index < -0.39 is 15.8 Å². The number of ether oxygens (including phenoxy) is 2. The smallest absolute Gasteiger partial charge is 0.410 e. The predicted octanol–water partition coefficient (Wildman–Crippen LogP) is 5.02. The molecule has 2 heterocycles. The number of piperidine rings is 1. The minimum Gasteiger partial charge on any atom is -0.456 e. The molecule has 1 aliphatic heterocycles. The van der Waals surface area contributed by atoms with Gasteiger partial charge in [-0.05, 0) is 82.2 Å². The number of likely N-dealkylation sites (tertiary alicyclic amines) is 1. The van der Waals surface area contributed by atoms with Crippen molar-refractivity contribution in [3.8, 4) is 17.6 Å². The van der Waals surface area contributed by atoms with E-state index in [1.807, 2.05) is 26.8 Å². The quantitative estimate of drug-likeness (QED) is 0.386. The van der Waals surface area contributed by atoms with Crippen molar-refractivity contribution in [3.63, 3.8) is 0 Å². The van der Waals surface area contributed by atoms with E-state index in [1.165, 1.54) is 13.1 Å². The van der Waals surface area contributed by atoms with Crippen molar-refractivity contribution >= 4 is 32.9 Å².